The van der Waals surface area contributed by atoms with Gasteiger partial charge in [0.05, 0.1) is 17.0 Å². The van der Waals surface area contributed by atoms with Gasteiger partial charge in [-0.3, -0.25) is 13.9 Å². The van der Waals surface area contributed by atoms with Gasteiger partial charge < -0.3 is 10.3 Å². The van der Waals surface area contributed by atoms with Crippen molar-refractivity contribution in [1.29, 1.82) is 0 Å². The molecule has 1 aromatic carbocycles. The molecule has 2 aromatic rings. The van der Waals surface area contributed by atoms with Crippen LogP contribution < -0.4 is 10.9 Å². The Hall–Kier alpha value is -1.36. The lowest BCUT2D eigenvalue weighted by atomic mass is 9.85. The van der Waals surface area contributed by atoms with E-state index in [0.29, 0.717) is 48.4 Å². The van der Waals surface area contributed by atoms with E-state index in [1.54, 1.807) is 11.8 Å². The third-order valence-electron chi connectivity index (χ3n) is 5.72. The van der Waals surface area contributed by atoms with Crippen molar-refractivity contribution in [3.05, 3.63) is 33.9 Å². The van der Waals surface area contributed by atoms with E-state index in [0.717, 1.165) is 12.8 Å². The lowest BCUT2D eigenvalue weighted by Gasteiger charge is -2.38. The highest BCUT2D eigenvalue weighted by molar-refractivity contribution is 8.24. The number of H-pyrrole nitrogens is 1. The smallest absolute Gasteiger partial charge is 0.261 e. The van der Waals surface area contributed by atoms with E-state index in [9.17, 15) is 22.7 Å². The number of benzene rings is 1. The number of nitrogens with one attached hydrogen (secondary N) is 2. The predicted molar refractivity (Wildman–Crippen MR) is 115 cm³/mol. The van der Waals surface area contributed by atoms with Crippen LogP contribution in [0.1, 0.15) is 37.9 Å². The van der Waals surface area contributed by atoms with Gasteiger partial charge in [-0.2, -0.15) is 22.4 Å². The van der Waals surface area contributed by atoms with Crippen LogP contribution in [0.15, 0.2) is 10.9 Å². The summed E-state index contributed by atoms with van der Waals surface area (Å²) in [4.78, 5) is 19.3. The second-order valence-electron chi connectivity index (χ2n) is 7.86. The van der Waals surface area contributed by atoms with Gasteiger partial charge in [0.15, 0.2) is 11.6 Å². The number of aromatic nitrogens is 2. The second-order valence-corrected chi connectivity index (χ2v) is 11.6. The Morgan fingerprint density at radius 1 is 1.21 bits per heavy atom. The number of fused-ring (bicyclic) bond motifs is 1. The fourth-order valence-corrected chi connectivity index (χ4v) is 6.61. The number of aromatic amines is 1. The Kier molecular flexibility index (Phi) is 6.06. The molecular weight excluding hydrogens is 420 g/mol. The highest BCUT2D eigenvalue weighted by Crippen LogP contribution is 2.46. The molecular formula is C19H25F2N3O3S2. The Morgan fingerprint density at radius 2 is 1.93 bits per heavy atom. The van der Waals surface area contributed by atoms with Crippen LogP contribution in [0.25, 0.3) is 10.9 Å². The number of hydrogen-bond acceptors (Lipinski definition) is 6. The molecule has 6 nitrogen and oxygen atoms in total. The number of hydrogen-bond donors (Lipinski definition) is 4. The fourth-order valence-electron chi connectivity index (χ4n) is 3.68. The molecule has 2 heterocycles. The maximum Gasteiger partial charge on any atom is 0.261 e. The molecule has 10 heteroatoms. The van der Waals surface area contributed by atoms with Crippen molar-refractivity contribution in [2.24, 2.45) is 5.92 Å². The third-order valence-corrected chi connectivity index (χ3v) is 8.88. The molecule has 1 saturated carbocycles. The second kappa shape index (κ2) is 8.41. The van der Waals surface area contributed by atoms with Gasteiger partial charge in [-0.15, -0.1) is 0 Å². The topological polar surface area (TPSA) is 98.2 Å². The molecule has 1 aromatic heterocycles. The molecule has 1 aliphatic heterocycles. The van der Waals surface area contributed by atoms with Gasteiger partial charge in [0.2, 0.25) is 0 Å². The molecule has 2 fully saturated rings. The first-order chi connectivity index (χ1) is 13.8. The van der Waals surface area contributed by atoms with Crippen LogP contribution in [0.5, 0.6) is 0 Å². The van der Waals surface area contributed by atoms with Crippen molar-refractivity contribution in [2.45, 2.75) is 43.1 Å². The molecule has 0 amide bonds. The van der Waals surface area contributed by atoms with Gasteiger partial charge in [-0.1, -0.05) is 6.42 Å². The minimum atomic E-state index is -2.43. The zero-order valence-corrected chi connectivity index (χ0v) is 17.6. The quantitative estimate of drug-likeness (QED) is 0.520. The van der Waals surface area contributed by atoms with Gasteiger partial charge in [0.1, 0.15) is 11.2 Å². The van der Waals surface area contributed by atoms with Crippen LogP contribution in [0.2, 0.25) is 0 Å². The molecule has 0 atom stereocenters. The van der Waals surface area contributed by atoms with E-state index >= 15 is 0 Å². The lowest BCUT2D eigenvalue weighted by molar-refractivity contribution is 0.333. The zero-order valence-electron chi connectivity index (χ0n) is 15.9. The van der Waals surface area contributed by atoms with E-state index in [2.05, 4.69) is 15.3 Å². The summed E-state index contributed by atoms with van der Waals surface area (Å²) in [6.07, 6.45) is 4.72. The molecule has 0 unspecified atom stereocenters. The largest absolute Gasteiger partial charge is 0.382 e. The summed E-state index contributed by atoms with van der Waals surface area (Å²) < 4.78 is 48.3. The summed E-state index contributed by atoms with van der Waals surface area (Å²) in [5, 5.41) is 2.85. The first-order valence-electron chi connectivity index (χ1n) is 9.82. The summed E-state index contributed by atoms with van der Waals surface area (Å²) in [7, 11) is -2.43. The van der Waals surface area contributed by atoms with Crippen LogP contribution in [0, 0.1) is 17.6 Å². The molecule has 160 valence electrons. The summed E-state index contributed by atoms with van der Waals surface area (Å²) in [6, 6.07) is 1.41. The first-order valence-corrected chi connectivity index (χ1v) is 12.8. The standard InChI is InChI=1S/C19H25F2N3O3S2/c20-17-14(22-9-11-2-1-3-11)8-13-16(18(17)21)19(25)24-15(23-13)10-28-12-4-6-29(26,27)7-5-12/h8,11-12,22,26-27H,1-7,9-10H2,(H,23,24,25). The molecule has 1 aliphatic carbocycles. The molecule has 1 saturated heterocycles. The molecule has 0 bridgehead atoms. The van der Waals surface area contributed by atoms with Crippen LogP contribution in [-0.2, 0) is 5.75 Å². The number of anilines is 1. The Bertz CT molecular complexity index is 956. The maximum atomic E-state index is 14.5. The van der Waals surface area contributed by atoms with Gasteiger partial charge in [-0.05, 0) is 37.7 Å². The van der Waals surface area contributed by atoms with E-state index in [1.807, 2.05) is 0 Å². The minimum Gasteiger partial charge on any atom is -0.382 e. The number of rotatable bonds is 6. The van der Waals surface area contributed by atoms with Crippen LogP contribution in [0.3, 0.4) is 0 Å². The van der Waals surface area contributed by atoms with Crippen molar-refractivity contribution >= 4 is 38.9 Å². The summed E-state index contributed by atoms with van der Waals surface area (Å²) in [6.45, 7) is 0.578. The molecule has 29 heavy (non-hydrogen) atoms. The molecule has 0 radical (unpaired) electrons. The molecule has 4 rings (SSSR count). The summed E-state index contributed by atoms with van der Waals surface area (Å²) in [5.41, 5.74) is -0.515. The third kappa shape index (κ3) is 4.70. The molecule has 4 N–H and O–H groups in total. The van der Waals surface area contributed by atoms with Crippen molar-refractivity contribution in [3.8, 4) is 0 Å². The van der Waals surface area contributed by atoms with Crippen LogP contribution in [0.4, 0.5) is 14.5 Å². The van der Waals surface area contributed by atoms with E-state index < -0.39 is 27.8 Å². The normalized spacial score (nSPS) is 21.1. The van der Waals surface area contributed by atoms with E-state index in [-0.39, 0.29) is 21.8 Å². The van der Waals surface area contributed by atoms with Crippen LogP contribution in [-0.4, -0.2) is 42.4 Å². The number of nitrogens with zero attached hydrogens (tertiary/aromatic N) is 1. The summed E-state index contributed by atoms with van der Waals surface area (Å²) >= 11 is 1.58. The monoisotopic (exact) mass is 445 g/mol. The van der Waals surface area contributed by atoms with Crippen molar-refractivity contribution in [3.63, 3.8) is 0 Å². The average Bonchev–Trinajstić information content (AvgIpc) is 2.63. The summed E-state index contributed by atoms with van der Waals surface area (Å²) in [5.74, 6) is -0.142. The van der Waals surface area contributed by atoms with Gasteiger partial charge in [0.25, 0.3) is 5.56 Å². The fraction of sp³-hybridized carbons (Fsp3) is 0.579. The van der Waals surface area contributed by atoms with Crippen molar-refractivity contribution < 1.29 is 17.9 Å². The van der Waals surface area contributed by atoms with E-state index in [1.165, 1.54) is 12.5 Å². The number of thioether (sulfide) groups is 1. The minimum absolute atomic E-state index is 0.0380. The Morgan fingerprint density at radius 3 is 2.59 bits per heavy atom. The van der Waals surface area contributed by atoms with Crippen molar-refractivity contribution in [1.82, 2.24) is 9.97 Å². The van der Waals surface area contributed by atoms with Crippen LogP contribution >= 0.6 is 22.4 Å². The van der Waals surface area contributed by atoms with Crippen molar-refractivity contribution in [2.75, 3.05) is 23.4 Å². The highest BCUT2D eigenvalue weighted by atomic mass is 32.3. The van der Waals surface area contributed by atoms with E-state index in [4.69, 9.17) is 0 Å². The van der Waals surface area contributed by atoms with Gasteiger partial charge in [-0.25, -0.2) is 13.8 Å². The number of halogens is 2. The maximum absolute atomic E-state index is 14.5. The van der Waals surface area contributed by atoms with Gasteiger partial charge in [0, 0.05) is 23.3 Å². The average molecular weight is 446 g/mol. The highest BCUT2D eigenvalue weighted by Gasteiger charge is 2.25. The zero-order chi connectivity index (χ0) is 20.6. The molecule has 0 spiro atoms. The lowest BCUT2D eigenvalue weighted by Crippen LogP contribution is -2.23. The predicted octanol–water partition coefficient (Wildman–Crippen LogP) is 4.56. The Labute approximate surface area is 173 Å². The van der Waals surface area contributed by atoms with Gasteiger partial charge >= 0.3 is 0 Å². The first kappa shape index (κ1) is 20.9. The molecule has 2 aliphatic rings. The Balaban J connectivity index is 1.51. The SMILES string of the molecule is O=c1[nH]c(CSC2CCS(O)(O)CC2)nc2cc(NCC3CCC3)c(F)c(F)c12.